The number of benzene rings is 2. The highest BCUT2D eigenvalue weighted by atomic mass is 32.2. The van der Waals surface area contributed by atoms with Gasteiger partial charge >= 0.3 is 0 Å². The fourth-order valence-corrected chi connectivity index (χ4v) is 4.71. The Labute approximate surface area is 177 Å². The van der Waals surface area contributed by atoms with E-state index in [0.717, 1.165) is 0 Å². The number of nitrogens with one attached hydrogen (secondary N) is 1. The Morgan fingerprint density at radius 3 is 2.33 bits per heavy atom. The van der Waals surface area contributed by atoms with Crippen LogP contribution in [0.3, 0.4) is 0 Å². The topological polar surface area (TPSA) is 88.2 Å². The van der Waals surface area contributed by atoms with Crippen molar-refractivity contribution in [3.8, 4) is 11.5 Å². The molecule has 162 valence electrons. The number of sulfonamides is 1. The fourth-order valence-electron chi connectivity index (χ4n) is 3.29. The number of anilines is 1. The average molecular weight is 434 g/mol. The van der Waals surface area contributed by atoms with E-state index in [4.69, 9.17) is 9.47 Å². The highest BCUT2D eigenvalue weighted by Crippen LogP contribution is 2.23. The van der Waals surface area contributed by atoms with Gasteiger partial charge in [-0.15, -0.1) is 0 Å². The molecule has 2 aromatic carbocycles. The van der Waals surface area contributed by atoms with E-state index in [0.29, 0.717) is 50.0 Å². The molecule has 9 heteroatoms. The van der Waals surface area contributed by atoms with Crippen molar-refractivity contribution in [2.75, 3.05) is 51.8 Å². The second-order valence-corrected chi connectivity index (χ2v) is 8.77. The minimum atomic E-state index is -3.57. The van der Waals surface area contributed by atoms with Crippen molar-refractivity contribution in [2.45, 2.75) is 11.8 Å². The third kappa shape index (κ3) is 5.29. The summed E-state index contributed by atoms with van der Waals surface area (Å²) in [5.41, 5.74) is 0.613. The number of para-hydroxylation sites is 2. The number of carbonyl (C=O) groups is 1. The van der Waals surface area contributed by atoms with Crippen LogP contribution in [-0.2, 0) is 14.8 Å². The molecule has 1 aliphatic rings. The van der Waals surface area contributed by atoms with E-state index in [1.54, 1.807) is 43.5 Å². The Morgan fingerprint density at radius 2 is 1.70 bits per heavy atom. The summed E-state index contributed by atoms with van der Waals surface area (Å²) in [5.74, 6) is 1.07. The first-order valence-corrected chi connectivity index (χ1v) is 11.3. The standard InChI is InChI=1S/C21H27N3O5S/c1-3-29-17-8-10-18(11-9-17)30(26,27)24-14-12-23(13-15-24)16-21(25)22-19-6-4-5-7-20(19)28-2/h4-11H,3,12-16H2,1-2H3,(H,22,25). The Hall–Kier alpha value is -2.62. The maximum Gasteiger partial charge on any atom is 0.243 e. The number of rotatable bonds is 8. The summed E-state index contributed by atoms with van der Waals surface area (Å²) in [6.07, 6.45) is 0. The number of nitrogens with zero attached hydrogens (tertiary/aromatic N) is 2. The maximum atomic E-state index is 12.9. The second-order valence-electron chi connectivity index (χ2n) is 6.83. The van der Waals surface area contributed by atoms with Crippen LogP contribution in [0.25, 0.3) is 0 Å². The van der Waals surface area contributed by atoms with Gasteiger partial charge in [-0.2, -0.15) is 4.31 Å². The van der Waals surface area contributed by atoms with Crippen molar-refractivity contribution in [3.63, 3.8) is 0 Å². The highest BCUT2D eigenvalue weighted by Gasteiger charge is 2.29. The molecule has 1 aliphatic heterocycles. The molecule has 0 radical (unpaired) electrons. The molecule has 2 aromatic rings. The second kappa shape index (κ2) is 9.92. The first-order chi connectivity index (χ1) is 14.4. The van der Waals surface area contributed by atoms with Gasteiger partial charge in [0.15, 0.2) is 0 Å². The molecule has 0 unspecified atom stereocenters. The van der Waals surface area contributed by atoms with Gasteiger partial charge in [0.2, 0.25) is 15.9 Å². The molecule has 0 saturated carbocycles. The van der Waals surface area contributed by atoms with Crippen LogP contribution >= 0.6 is 0 Å². The predicted molar refractivity (Wildman–Crippen MR) is 114 cm³/mol. The Kier molecular flexibility index (Phi) is 7.30. The number of hydrogen-bond acceptors (Lipinski definition) is 6. The van der Waals surface area contributed by atoms with Gasteiger partial charge < -0.3 is 14.8 Å². The largest absolute Gasteiger partial charge is 0.495 e. The van der Waals surface area contributed by atoms with Gasteiger partial charge in [0.05, 0.1) is 30.8 Å². The molecular weight excluding hydrogens is 406 g/mol. The summed E-state index contributed by atoms with van der Waals surface area (Å²) in [5, 5.41) is 2.84. The van der Waals surface area contributed by atoms with Crippen molar-refractivity contribution in [1.82, 2.24) is 9.21 Å². The fraction of sp³-hybridized carbons (Fsp3) is 0.381. The van der Waals surface area contributed by atoms with Gasteiger partial charge in [-0.05, 0) is 43.3 Å². The zero-order valence-electron chi connectivity index (χ0n) is 17.2. The van der Waals surface area contributed by atoms with Crippen LogP contribution in [0.1, 0.15) is 6.92 Å². The third-order valence-corrected chi connectivity index (χ3v) is 6.76. The lowest BCUT2D eigenvalue weighted by atomic mass is 10.3. The lowest BCUT2D eigenvalue weighted by Gasteiger charge is -2.33. The quantitative estimate of drug-likeness (QED) is 0.686. The number of methoxy groups -OCH3 is 1. The van der Waals surface area contributed by atoms with Gasteiger partial charge in [0.1, 0.15) is 11.5 Å². The average Bonchev–Trinajstić information content (AvgIpc) is 2.75. The number of amides is 1. The molecule has 1 fully saturated rings. The molecule has 1 amide bonds. The summed E-state index contributed by atoms with van der Waals surface area (Å²) in [4.78, 5) is 14.6. The molecule has 3 rings (SSSR count). The van der Waals surface area contributed by atoms with E-state index >= 15 is 0 Å². The van der Waals surface area contributed by atoms with E-state index in [9.17, 15) is 13.2 Å². The minimum Gasteiger partial charge on any atom is -0.495 e. The van der Waals surface area contributed by atoms with Crippen molar-refractivity contribution in [3.05, 3.63) is 48.5 Å². The molecule has 8 nitrogen and oxygen atoms in total. The van der Waals surface area contributed by atoms with Gasteiger partial charge in [-0.3, -0.25) is 9.69 Å². The van der Waals surface area contributed by atoms with E-state index in [1.165, 1.54) is 4.31 Å². The normalized spacial score (nSPS) is 15.5. The van der Waals surface area contributed by atoms with Crippen LogP contribution in [-0.4, -0.2) is 70.0 Å². The van der Waals surface area contributed by atoms with Gasteiger partial charge in [0, 0.05) is 26.2 Å². The van der Waals surface area contributed by atoms with Gasteiger partial charge in [0.25, 0.3) is 0 Å². The summed E-state index contributed by atoms with van der Waals surface area (Å²) < 4.78 is 37.8. The minimum absolute atomic E-state index is 0.165. The molecule has 0 spiro atoms. The van der Waals surface area contributed by atoms with Crippen LogP contribution in [0.2, 0.25) is 0 Å². The van der Waals surface area contributed by atoms with E-state index in [1.807, 2.05) is 24.0 Å². The lowest BCUT2D eigenvalue weighted by molar-refractivity contribution is -0.117. The molecule has 0 aliphatic carbocycles. The Bertz CT molecular complexity index is 955. The first kappa shape index (κ1) is 22.1. The van der Waals surface area contributed by atoms with E-state index in [-0.39, 0.29) is 17.3 Å². The molecule has 0 atom stereocenters. The van der Waals surface area contributed by atoms with Crippen LogP contribution in [0, 0.1) is 0 Å². The molecule has 1 saturated heterocycles. The smallest absolute Gasteiger partial charge is 0.243 e. The van der Waals surface area contributed by atoms with Crippen molar-refractivity contribution >= 4 is 21.6 Å². The number of piperazine rings is 1. The van der Waals surface area contributed by atoms with Crippen LogP contribution < -0.4 is 14.8 Å². The highest BCUT2D eigenvalue weighted by molar-refractivity contribution is 7.89. The molecule has 1 N–H and O–H groups in total. The molecule has 0 aromatic heterocycles. The van der Waals surface area contributed by atoms with E-state index < -0.39 is 10.0 Å². The molecular formula is C21H27N3O5S. The van der Waals surface area contributed by atoms with Gasteiger partial charge in [-0.25, -0.2) is 8.42 Å². The maximum absolute atomic E-state index is 12.9. The van der Waals surface area contributed by atoms with Crippen LogP contribution in [0.5, 0.6) is 11.5 Å². The summed E-state index contributed by atoms with van der Waals surface area (Å²) in [7, 11) is -2.02. The summed E-state index contributed by atoms with van der Waals surface area (Å²) in [6, 6.07) is 13.7. The number of hydrogen-bond donors (Lipinski definition) is 1. The van der Waals surface area contributed by atoms with Crippen LogP contribution in [0.15, 0.2) is 53.4 Å². The number of carbonyl (C=O) groups excluding carboxylic acids is 1. The summed E-state index contributed by atoms with van der Waals surface area (Å²) >= 11 is 0. The van der Waals surface area contributed by atoms with Crippen LogP contribution in [0.4, 0.5) is 5.69 Å². The zero-order valence-corrected chi connectivity index (χ0v) is 18.0. The monoisotopic (exact) mass is 433 g/mol. The SMILES string of the molecule is CCOc1ccc(S(=O)(=O)N2CCN(CC(=O)Nc3ccccc3OC)CC2)cc1. The Balaban J connectivity index is 1.54. The zero-order chi connectivity index (χ0) is 21.6. The van der Waals surface area contributed by atoms with E-state index in [2.05, 4.69) is 5.32 Å². The van der Waals surface area contributed by atoms with Gasteiger partial charge in [-0.1, -0.05) is 12.1 Å². The molecule has 0 bridgehead atoms. The molecule has 30 heavy (non-hydrogen) atoms. The predicted octanol–water partition coefficient (Wildman–Crippen LogP) is 2.04. The molecule has 1 heterocycles. The van der Waals surface area contributed by atoms with Crippen molar-refractivity contribution in [1.29, 1.82) is 0 Å². The first-order valence-electron chi connectivity index (χ1n) is 9.82. The van der Waals surface area contributed by atoms with Crippen molar-refractivity contribution < 1.29 is 22.7 Å². The Morgan fingerprint density at radius 1 is 1.03 bits per heavy atom. The number of ether oxygens (including phenoxy) is 2. The third-order valence-electron chi connectivity index (χ3n) is 4.85. The summed E-state index contributed by atoms with van der Waals surface area (Å²) in [6.45, 7) is 4.22. The lowest BCUT2D eigenvalue weighted by Crippen LogP contribution is -2.50. The van der Waals surface area contributed by atoms with Crippen molar-refractivity contribution in [2.24, 2.45) is 0 Å².